The van der Waals surface area contributed by atoms with Gasteiger partial charge in [-0.25, -0.2) is 0 Å². The summed E-state index contributed by atoms with van der Waals surface area (Å²) < 4.78 is 0. The zero-order valence-electron chi connectivity index (χ0n) is 11.5. The molecule has 0 aliphatic heterocycles. The monoisotopic (exact) mass is 249 g/mol. The van der Waals surface area contributed by atoms with Crippen LogP contribution in [0.1, 0.15) is 38.2 Å². The lowest BCUT2D eigenvalue weighted by atomic mass is 9.95. The maximum Gasteiger partial charge on any atom is 0.229 e. The second-order valence-corrected chi connectivity index (χ2v) is 4.77. The molecule has 0 saturated heterocycles. The molecule has 1 amide bonds. The predicted octanol–water partition coefficient (Wildman–Crippen LogP) is 2.41. The number of nitrogens with zero attached hydrogens (tertiary/aromatic N) is 1. The normalized spacial score (nSPS) is 14.0. The third kappa shape index (κ3) is 4.15. The summed E-state index contributed by atoms with van der Waals surface area (Å²) in [6, 6.07) is 9.86. The highest BCUT2D eigenvalue weighted by molar-refractivity contribution is 5.83. The van der Waals surface area contributed by atoms with Crippen molar-refractivity contribution in [2.45, 2.75) is 38.7 Å². The van der Waals surface area contributed by atoms with E-state index in [4.69, 9.17) is 0 Å². The fraction of sp³-hybridized carbons (Fsp3) is 0.533. The molecule has 2 unspecified atom stereocenters. The molecule has 0 spiro atoms. The largest absolute Gasteiger partial charge is 0.393 e. The third-order valence-electron chi connectivity index (χ3n) is 3.17. The molecular formula is C15H23NO2. The topological polar surface area (TPSA) is 40.5 Å². The van der Waals surface area contributed by atoms with Crippen LogP contribution in [0.2, 0.25) is 0 Å². The first-order valence-corrected chi connectivity index (χ1v) is 6.54. The average Bonchev–Trinajstić information content (AvgIpc) is 2.38. The van der Waals surface area contributed by atoms with Crippen molar-refractivity contribution in [3.05, 3.63) is 35.9 Å². The molecule has 18 heavy (non-hydrogen) atoms. The lowest BCUT2D eigenvalue weighted by molar-refractivity contribution is -0.131. The first kappa shape index (κ1) is 14.7. The van der Waals surface area contributed by atoms with Crippen LogP contribution in [-0.4, -0.2) is 35.6 Å². The number of carbonyl (C=O) groups is 1. The number of benzene rings is 1. The summed E-state index contributed by atoms with van der Waals surface area (Å²) in [5.74, 6) is 0.0505. The number of aliphatic hydroxyl groups is 1. The van der Waals surface area contributed by atoms with Gasteiger partial charge in [0.1, 0.15) is 0 Å². The third-order valence-corrected chi connectivity index (χ3v) is 3.17. The molecule has 100 valence electrons. The minimum Gasteiger partial charge on any atom is -0.393 e. The molecule has 0 aromatic heterocycles. The second kappa shape index (κ2) is 7.17. The van der Waals surface area contributed by atoms with Crippen molar-refractivity contribution < 1.29 is 9.90 Å². The molecule has 3 nitrogen and oxygen atoms in total. The van der Waals surface area contributed by atoms with Crippen LogP contribution in [-0.2, 0) is 4.79 Å². The number of rotatable bonds is 6. The molecular weight excluding hydrogens is 226 g/mol. The zero-order valence-corrected chi connectivity index (χ0v) is 11.5. The first-order valence-electron chi connectivity index (χ1n) is 6.54. The highest BCUT2D eigenvalue weighted by atomic mass is 16.3. The van der Waals surface area contributed by atoms with E-state index in [1.54, 1.807) is 18.9 Å². The summed E-state index contributed by atoms with van der Waals surface area (Å²) >= 11 is 0. The van der Waals surface area contributed by atoms with Gasteiger partial charge in [0.05, 0.1) is 12.0 Å². The van der Waals surface area contributed by atoms with Crippen molar-refractivity contribution >= 4 is 5.91 Å². The van der Waals surface area contributed by atoms with Crippen LogP contribution in [0.4, 0.5) is 0 Å². The van der Waals surface area contributed by atoms with Gasteiger partial charge in [0, 0.05) is 13.6 Å². The van der Waals surface area contributed by atoms with Crippen molar-refractivity contribution in [3.63, 3.8) is 0 Å². The van der Waals surface area contributed by atoms with E-state index >= 15 is 0 Å². The first-order chi connectivity index (χ1) is 8.56. The van der Waals surface area contributed by atoms with Gasteiger partial charge in [-0.1, -0.05) is 37.3 Å². The van der Waals surface area contributed by atoms with Crippen molar-refractivity contribution in [1.82, 2.24) is 4.90 Å². The molecule has 1 aromatic rings. The molecule has 3 heteroatoms. The predicted molar refractivity (Wildman–Crippen MR) is 73.4 cm³/mol. The van der Waals surface area contributed by atoms with Gasteiger partial charge in [-0.2, -0.15) is 0 Å². The van der Waals surface area contributed by atoms with Gasteiger partial charge in [0.2, 0.25) is 5.91 Å². The summed E-state index contributed by atoms with van der Waals surface area (Å²) in [7, 11) is 1.80. The minimum atomic E-state index is -0.364. The number of hydrogen-bond acceptors (Lipinski definition) is 2. The van der Waals surface area contributed by atoms with E-state index in [0.717, 1.165) is 12.0 Å². The molecule has 1 N–H and O–H groups in total. The Kier molecular flexibility index (Phi) is 5.86. The fourth-order valence-corrected chi connectivity index (χ4v) is 1.99. The highest BCUT2D eigenvalue weighted by Crippen LogP contribution is 2.21. The SMILES string of the molecule is CCC(C(=O)N(C)CCC(C)O)c1ccccc1. The second-order valence-electron chi connectivity index (χ2n) is 4.77. The van der Waals surface area contributed by atoms with Crippen LogP contribution in [0.5, 0.6) is 0 Å². The van der Waals surface area contributed by atoms with E-state index < -0.39 is 0 Å². The summed E-state index contributed by atoms with van der Waals surface area (Å²) in [6.45, 7) is 4.37. The Hall–Kier alpha value is -1.35. The van der Waals surface area contributed by atoms with E-state index in [0.29, 0.717) is 13.0 Å². The van der Waals surface area contributed by atoms with Gasteiger partial charge in [0.15, 0.2) is 0 Å². The number of amides is 1. The molecule has 0 aliphatic rings. The van der Waals surface area contributed by atoms with Gasteiger partial charge in [-0.15, -0.1) is 0 Å². The van der Waals surface area contributed by atoms with Crippen molar-refractivity contribution in [1.29, 1.82) is 0 Å². The Morgan fingerprint density at radius 1 is 1.33 bits per heavy atom. The van der Waals surface area contributed by atoms with Crippen molar-refractivity contribution in [2.75, 3.05) is 13.6 Å². The molecule has 1 rings (SSSR count). The summed E-state index contributed by atoms with van der Waals surface area (Å²) in [5.41, 5.74) is 1.06. The van der Waals surface area contributed by atoms with Gasteiger partial charge >= 0.3 is 0 Å². The maximum absolute atomic E-state index is 12.3. The average molecular weight is 249 g/mol. The number of aliphatic hydroxyl groups excluding tert-OH is 1. The van der Waals surface area contributed by atoms with E-state index in [9.17, 15) is 9.90 Å². The van der Waals surface area contributed by atoms with Crippen molar-refractivity contribution in [3.8, 4) is 0 Å². The fourth-order valence-electron chi connectivity index (χ4n) is 1.99. The van der Waals surface area contributed by atoms with Crippen LogP contribution in [0.3, 0.4) is 0 Å². The van der Waals surface area contributed by atoms with E-state index in [2.05, 4.69) is 0 Å². The molecule has 2 atom stereocenters. The molecule has 1 aromatic carbocycles. The Bertz CT molecular complexity index is 362. The van der Waals surface area contributed by atoms with E-state index in [1.807, 2.05) is 37.3 Å². The smallest absolute Gasteiger partial charge is 0.229 e. The molecule has 0 bridgehead atoms. The van der Waals surface area contributed by atoms with Crippen LogP contribution < -0.4 is 0 Å². The minimum absolute atomic E-state index is 0.0785. The zero-order chi connectivity index (χ0) is 13.5. The summed E-state index contributed by atoms with van der Waals surface area (Å²) in [6.07, 6.45) is 1.05. The summed E-state index contributed by atoms with van der Waals surface area (Å²) in [5, 5.41) is 9.26. The Morgan fingerprint density at radius 3 is 2.44 bits per heavy atom. The number of likely N-dealkylation sites (N-methyl/N-ethyl adjacent to an activating group) is 1. The maximum atomic E-state index is 12.3. The Labute approximate surface area is 109 Å². The van der Waals surface area contributed by atoms with E-state index in [-0.39, 0.29) is 17.9 Å². The van der Waals surface area contributed by atoms with Crippen LogP contribution >= 0.6 is 0 Å². The number of hydrogen-bond donors (Lipinski definition) is 1. The van der Waals surface area contributed by atoms with Crippen LogP contribution in [0.15, 0.2) is 30.3 Å². The lowest BCUT2D eigenvalue weighted by Crippen LogP contribution is -2.33. The van der Waals surface area contributed by atoms with Crippen LogP contribution in [0.25, 0.3) is 0 Å². The van der Waals surface area contributed by atoms with Crippen molar-refractivity contribution in [2.24, 2.45) is 0 Å². The standard InChI is InChI=1S/C15H23NO2/c1-4-14(13-8-6-5-7-9-13)15(18)16(3)11-10-12(2)17/h5-9,12,14,17H,4,10-11H2,1-3H3. The molecule has 0 aliphatic carbocycles. The van der Waals surface area contributed by atoms with Crippen LogP contribution in [0, 0.1) is 0 Å². The molecule has 0 heterocycles. The highest BCUT2D eigenvalue weighted by Gasteiger charge is 2.21. The van der Waals surface area contributed by atoms with Gasteiger partial charge in [0.25, 0.3) is 0 Å². The Morgan fingerprint density at radius 2 is 1.94 bits per heavy atom. The lowest BCUT2D eigenvalue weighted by Gasteiger charge is -2.23. The quantitative estimate of drug-likeness (QED) is 0.841. The Balaban J connectivity index is 2.68. The number of carbonyl (C=O) groups excluding carboxylic acids is 1. The van der Waals surface area contributed by atoms with Gasteiger partial charge < -0.3 is 10.0 Å². The summed E-state index contributed by atoms with van der Waals surface area (Å²) in [4.78, 5) is 14.0. The molecule has 0 fully saturated rings. The van der Waals surface area contributed by atoms with Gasteiger partial charge in [-0.3, -0.25) is 4.79 Å². The molecule has 0 saturated carbocycles. The van der Waals surface area contributed by atoms with E-state index in [1.165, 1.54) is 0 Å². The molecule has 0 radical (unpaired) electrons. The van der Waals surface area contributed by atoms with Gasteiger partial charge in [-0.05, 0) is 25.3 Å².